The van der Waals surface area contributed by atoms with Crippen LogP contribution in [0, 0.1) is 11.8 Å². The zero-order valence-electron chi connectivity index (χ0n) is 16.4. The van der Waals surface area contributed by atoms with Gasteiger partial charge in [-0.1, -0.05) is 37.3 Å². The fourth-order valence-electron chi connectivity index (χ4n) is 3.32. The second-order valence-electron chi connectivity index (χ2n) is 6.97. The molecule has 1 heterocycles. The van der Waals surface area contributed by atoms with Crippen LogP contribution in [0.2, 0.25) is 0 Å². The molecule has 1 aromatic rings. The van der Waals surface area contributed by atoms with Gasteiger partial charge in [-0.15, -0.1) is 0 Å². The fourth-order valence-corrected chi connectivity index (χ4v) is 3.32. The van der Waals surface area contributed by atoms with E-state index in [1.165, 1.54) is 12.7 Å². The van der Waals surface area contributed by atoms with Crippen LogP contribution in [0.1, 0.15) is 19.4 Å². The van der Waals surface area contributed by atoms with Crippen molar-refractivity contribution in [3.05, 3.63) is 35.9 Å². The van der Waals surface area contributed by atoms with Crippen LogP contribution < -0.4 is 5.32 Å². The second kappa shape index (κ2) is 10.2. The molecule has 0 radical (unpaired) electrons. The Labute approximate surface area is 157 Å². The first-order valence-electron chi connectivity index (χ1n) is 9.38. The highest BCUT2D eigenvalue weighted by molar-refractivity contribution is 5.82. The van der Waals surface area contributed by atoms with E-state index in [1.807, 2.05) is 6.07 Å². The summed E-state index contributed by atoms with van der Waals surface area (Å²) in [7, 11) is 3.57. The summed E-state index contributed by atoms with van der Waals surface area (Å²) in [5.74, 6) is 0.953. The van der Waals surface area contributed by atoms with Gasteiger partial charge in [0.25, 0.3) is 0 Å². The Kier molecular flexibility index (Phi) is 7.91. The van der Waals surface area contributed by atoms with E-state index in [0.29, 0.717) is 6.54 Å². The standard InChI is InChI=1S/C20H32N4O2/c1-5-21-20(24-13-16(2)18(15-24)19(25)26-4)22-11-12-23(3)14-17-9-7-6-8-10-17/h6-10,16,18H,5,11-15H2,1-4H3,(H,21,22). The zero-order chi connectivity index (χ0) is 18.9. The maximum atomic E-state index is 11.9. The average Bonchev–Trinajstić information content (AvgIpc) is 3.03. The number of carbonyl (C=O) groups excluding carboxylic acids is 1. The van der Waals surface area contributed by atoms with Gasteiger partial charge in [0, 0.05) is 32.7 Å². The van der Waals surface area contributed by atoms with Gasteiger partial charge < -0.3 is 19.9 Å². The predicted molar refractivity (Wildman–Crippen MR) is 105 cm³/mol. The van der Waals surface area contributed by atoms with Gasteiger partial charge in [-0.3, -0.25) is 9.79 Å². The molecule has 1 fully saturated rings. The number of hydrogen-bond acceptors (Lipinski definition) is 4. The summed E-state index contributed by atoms with van der Waals surface area (Å²) >= 11 is 0. The van der Waals surface area contributed by atoms with Gasteiger partial charge in [-0.25, -0.2) is 0 Å². The molecular formula is C20H32N4O2. The number of likely N-dealkylation sites (N-methyl/N-ethyl adjacent to an activating group) is 1. The van der Waals surface area contributed by atoms with E-state index in [1.54, 1.807) is 0 Å². The maximum absolute atomic E-state index is 11.9. The molecule has 0 spiro atoms. The summed E-state index contributed by atoms with van der Waals surface area (Å²) in [5.41, 5.74) is 1.31. The Balaban J connectivity index is 1.89. The molecule has 1 aliphatic rings. The molecule has 0 saturated carbocycles. The number of guanidine groups is 1. The molecule has 6 heteroatoms. The summed E-state index contributed by atoms with van der Waals surface area (Å²) in [4.78, 5) is 21.1. The first-order chi connectivity index (χ1) is 12.5. The minimum atomic E-state index is -0.126. The molecule has 6 nitrogen and oxygen atoms in total. The molecule has 0 aromatic heterocycles. The minimum absolute atomic E-state index is 0.0791. The van der Waals surface area contributed by atoms with Crippen molar-refractivity contribution in [2.24, 2.45) is 16.8 Å². The van der Waals surface area contributed by atoms with Crippen LogP contribution in [0.15, 0.2) is 35.3 Å². The smallest absolute Gasteiger partial charge is 0.310 e. The highest BCUT2D eigenvalue weighted by Crippen LogP contribution is 2.24. The number of carbonyl (C=O) groups is 1. The van der Waals surface area contributed by atoms with E-state index < -0.39 is 0 Å². The third-order valence-corrected chi connectivity index (χ3v) is 4.79. The van der Waals surface area contributed by atoms with Crippen molar-refractivity contribution in [1.29, 1.82) is 0 Å². The first-order valence-corrected chi connectivity index (χ1v) is 9.38. The number of esters is 1. The Bertz CT molecular complexity index is 591. The third kappa shape index (κ3) is 5.73. The van der Waals surface area contributed by atoms with Crippen LogP contribution in [0.25, 0.3) is 0 Å². The quantitative estimate of drug-likeness (QED) is 0.457. The maximum Gasteiger partial charge on any atom is 0.310 e. The van der Waals surface area contributed by atoms with Gasteiger partial charge in [0.2, 0.25) is 0 Å². The number of methoxy groups -OCH3 is 1. The topological polar surface area (TPSA) is 57.2 Å². The van der Waals surface area contributed by atoms with Gasteiger partial charge in [0.05, 0.1) is 19.6 Å². The number of likely N-dealkylation sites (tertiary alicyclic amines) is 1. The molecule has 144 valence electrons. The van der Waals surface area contributed by atoms with E-state index in [-0.39, 0.29) is 17.8 Å². The van der Waals surface area contributed by atoms with Gasteiger partial charge in [-0.05, 0) is 25.5 Å². The Morgan fingerprint density at radius 3 is 2.73 bits per heavy atom. The summed E-state index contributed by atoms with van der Waals surface area (Å²) < 4.78 is 4.93. The predicted octanol–water partition coefficient (Wildman–Crippen LogP) is 1.82. The van der Waals surface area contributed by atoms with Gasteiger partial charge in [0.1, 0.15) is 0 Å². The van der Waals surface area contributed by atoms with E-state index in [4.69, 9.17) is 9.73 Å². The summed E-state index contributed by atoms with van der Waals surface area (Å²) in [6.07, 6.45) is 0. The van der Waals surface area contributed by atoms with Crippen LogP contribution in [0.5, 0.6) is 0 Å². The highest BCUT2D eigenvalue weighted by Gasteiger charge is 2.36. The largest absolute Gasteiger partial charge is 0.469 e. The first kappa shape index (κ1) is 20.2. The SMILES string of the molecule is CCNC(=NCCN(C)Cc1ccccc1)N1CC(C)C(C(=O)OC)C1. The van der Waals surface area contributed by atoms with Crippen molar-refractivity contribution in [1.82, 2.24) is 15.1 Å². The number of aliphatic imine (C=N–C) groups is 1. The number of nitrogens with zero attached hydrogens (tertiary/aromatic N) is 3. The molecule has 26 heavy (non-hydrogen) atoms. The van der Waals surface area contributed by atoms with Crippen molar-refractivity contribution in [2.75, 3.05) is 46.9 Å². The van der Waals surface area contributed by atoms with E-state index in [0.717, 1.165) is 38.7 Å². The molecule has 2 unspecified atom stereocenters. The van der Waals surface area contributed by atoms with Crippen LogP contribution in [0.3, 0.4) is 0 Å². The molecule has 1 N–H and O–H groups in total. The van der Waals surface area contributed by atoms with Gasteiger partial charge >= 0.3 is 5.97 Å². The molecule has 0 aliphatic carbocycles. The molecule has 1 saturated heterocycles. The number of hydrogen-bond donors (Lipinski definition) is 1. The molecule has 2 rings (SSSR count). The number of benzene rings is 1. The molecule has 1 aliphatic heterocycles. The molecule has 0 amide bonds. The summed E-state index contributed by atoms with van der Waals surface area (Å²) in [5, 5.41) is 3.35. The zero-order valence-corrected chi connectivity index (χ0v) is 16.4. The normalized spacial score (nSPS) is 20.5. The molecule has 1 aromatic carbocycles. The van der Waals surface area contributed by atoms with Crippen molar-refractivity contribution in [3.63, 3.8) is 0 Å². The highest BCUT2D eigenvalue weighted by atomic mass is 16.5. The van der Waals surface area contributed by atoms with Crippen LogP contribution in [-0.4, -0.2) is 68.6 Å². The van der Waals surface area contributed by atoms with E-state index in [2.05, 4.69) is 60.3 Å². The van der Waals surface area contributed by atoms with Crippen molar-refractivity contribution in [2.45, 2.75) is 20.4 Å². The Morgan fingerprint density at radius 2 is 2.08 bits per heavy atom. The Hall–Kier alpha value is -2.08. The molecule has 0 bridgehead atoms. The average molecular weight is 361 g/mol. The van der Waals surface area contributed by atoms with Crippen LogP contribution >= 0.6 is 0 Å². The third-order valence-electron chi connectivity index (χ3n) is 4.79. The minimum Gasteiger partial charge on any atom is -0.469 e. The lowest BCUT2D eigenvalue weighted by Crippen LogP contribution is -2.41. The van der Waals surface area contributed by atoms with Crippen molar-refractivity contribution < 1.29 is 9.53 Å². The van der Waals surface area contributed by atoms with Crippen molar-refractivity contribution >= 4 is 11.9 Å². The number of ether oxygens (including phenoxy) is 1. The summed E-state index contributed by atoms with van der Waals surface area (Å²) in [6.45, 7) is 8.98. The Morgan fingerprint density at radius 1 is 1.35 bits per heavy atom. The van der Waals surface area contributed by atoms with Crippen LogP contribution in [0.4, 0.5) is 0 Å². The second-order valence-corrected chi connectivity index (χ2v) is 6.97. The lowest BCUT2D eigenvalue weighted by molar-refractivity contribution is -0.145. The molecule has 2 atom stereocenters. The lowest BCUT2D eigenvalue weighted by Gasteiger charge is -2.22. The van der Waals surface area contributed by atoms with Crippen LogP contribution in [-0.2, 0) is 16.1 Å². The van der Waals surface area contributed by atoms with E-state index >= 15 is 0 Å². The van der Waals surface area contributed by atoms with E-state index in [9.17, 15) is 4.79 Å². The fraction of sp³-hybridized carbons (Fsp3) is 0.600. The van der Waals surface area contributed by atoms with Gasteiger partial charge in [-0.2, -0.15) is 0 Å². The van der Waals surface area contributed by atoms with Crippen molar-refractivity contribution in [3.8, 4) is 0 Å². The monoisotopic (exact) mass is 360 g/mol. The number of rotatable bonds is 7. The summed E-state index contributed by atoms with van der Waals surface area (Å²) in [6, 6.07) is 10.5. The lowest BCUT2D eigenvalue weighted by atomic mass is 9.99. The van der Waals surface area contributed by atoms with Gasteiger partial charge in [0.15, 0.2) is 5.96 Å². The number of nitrogens with one attached hydrogen (secondary N) is 1. The molecular weight excluding hydrogens is 328 g/mol.